The monoisotopic (exact) mass is 629 g/mol. The number of rotatable bonds is 12. The summed E-state index contributed by atoms with van der Waals surface area (Å²) in [5, 5.41) is 7.91. The highest BCUT2D eigenvalue weighted by atomic mass is 19.1. The lowest BCUT2D eigenvalue weighted by Gasteiger charge is -2.26. The molecule has 2 N–H and O–H groups in total. The number of hydroxylamine groups is 1. The Bertz CT molecular complexity index is 1720. The molecule has 1 atom stereocenters. The van der Waals surface area contributed by atoms with E-state index in [1.54, 1.807) is 30.4 Å². The van der Waals surface area contributed by atoms with Gasteiger partial charge in [-0.05, 0) is 55.6 Å². The van der Waals surface area contributed by atoms with Gasteiger partial charge in [-0.15, -0.1) is 0 Å². The normalized spacial score (nSPS) is 14.3. The Labute approximate surface area is 267 Å². The number of carbonyl (C=O) groups excluding carboxylic acids is 1. The minimum absolute atomic E-state index is 0.210. The third kappa shape index (κ3) is 7.41. The topological polar surface area (TPSA) is 95.1 Å². The van der Waals surface area contributed by atoms with Crippen LogP contribution in [0.15, 0.2) is 79.6 Å². The average Bonchev–Trinajstić information content (AvgIpc) is 3.54. The van der Waals surface area contributed by atoms with Gasteiger partial charge in [0, 0.05) is 50.3 Å². The van der Waals surface area contributed by atoms with E-state index < -0.39 is 11.6 Å². The van der Waals surface area contributed by atoms with Crippen LogP contribution in [0, 0.1) is 11.6 Å². The molecular formula is C34H37F2N7O3. The lowest BCUT2D eigenvalue weighted by Crippen LogP contribution is -2.29. The molecule has 4 aromatic rings. The molecule has 3 aromatic carbocycles. The number of nitrogens with zero attached hydrogens (tertiary/aromatic N) is 5. The number of hydrogen-bond donors (Lipinski definition) is 2. The zero-order chi connectivity index (χ0) is 32.8. The molecule has 0 bridgehead atoms. The van der Waals surface area contributed by atoms with E-state index in [4.69, 9.17) is 9.57 Å². The van der Waals surface area contributed by atoms with Gasteiger partial charge < -0.3 is 25.2 Å². The average molecular weight is 630 g/mol. The van der Waals surface area contributed by atoms with Crippen LogP contribution in [0.25, 0.3) is 11.1 Å². The van der Waals surface area contributed by atoms with Crippen LogP contribution >= 0.6 is 0 Å². The number of hydrogen-bond acceptors (Lipinski definition) is 9. The molecule has 1 fully saturated rings. The van der Waals surface area contributed by atoms with E-state index in [-0.39, 0.29) is 11.9 Å². The van der Waals surface area contributed by atoms with Crippen LogP contribution in [-0.2, 0) is 9.63 Å². The quantitative estimate of drug-likeness (QED) is 0.178. The molecule has 46 heavy (non-hydrogen) atoms. The summed E-state index contributed by atoms with van der Waals surface area (Å²) in [6.07, 6.45) is 3.32. The van der Waals surface area contributed by atoms with E-state index in [2.05, 4.69) is 32.1 Å². The van der Waals surface area contributed by atoms with E-state index >= 15 is 0 Å². The van der Waals surface area contributed by atoms with Crippen molar-refractivity contribution in [2.75, 3.05) is 68.5 Å². The van der Waals surface area contributed by atoms with Crippen LogP contribution in [0.1, 0.15) is 18.0 Å². The van der Waals surface area contributed by atoms with Crippen molar-refractivity contribution in [1.29, 1.82) is 0 Å². The van der Waals surface area contributed by atoms with Crippen LogP contribution in [0.2, 0.25) is 0 Å². The van der Waals surface area contributed by atoms with Crippen molar-refractivity contribution in [3.8, 4) is 16.9 Å². The first-order chi connectivity index (χ1) is 22.2. The molecule has 1 aliphatic heterocycles. The second-order valence-electron chi connectivity index (χ2n) is 11.1. The van der Waals surface area contributed by atoms with Crippen LogP contribution in [0.3, 0.4) is 0 Å². The van der Waals surface area contributed by atoms with Gasteiger partial charge in [0.1, 0.15) is 29.5 Å². The minimum atomic E-state index is -0.626. The Kier molecular flexibility index (Phi) is 10.1. The maximum Gasteiger partial charge on any atom is 0.247 e. The molecule has 240 valence electrons. The summed E-state index contributed by atoms with van der Waals surface area (Å²) in [5.74, 6) is -0.0691. The van der Waals surface area contributed by atoms with Crippen LogP contribution in [0.5, 0.6) is 5.75 Å². The molecule has 10 nitrogen and oxygen atoms in total. The number of likely N-dealkylation sites (N-methyl/N-ethyl adjacent to an activating group) is 2. The Hall–Kier alpha value is -5.07. The van der Waals surface area contributed by atoms with Crippen molar-refractivity contribution in [2.45, 2.75) is 12.5 Å². The predicted molar refractivity (Wildman–Crippen MR) is 177 cm³/mol. The van der Waals surface area contributed by atoms with Crippen molar-refractivity contribution in [2.24, 2.45) is 0 Å². The summed E-state index contributed by atoms with van der Waals surface area (Å²) in [7, 11) is 7.52. The van der Waals surface area contributed by atoms with E-state index in [9.17, 15) is 13.6 Å². The fourth-order valence-corrected chi connectivity index (χ4v) is 5.21. The molecule has 2 heterocycles. The molecule has 1 amide bonds. The number of methoxy groups -OCH3 is 1. The highest BCUT2D eigenvalue weighted by molar-refractivity contribution is 6.02. The first kappa shape index (κ1) is 32.3. The van der Waals surface area contributed by atoms with Gasteiger partial charge >= 0.3 is 0 Å². The summed E-state index contributed by atoms with van der Waals surface area (Å²) < 4.78 is 33.8. The van der Waals surface area contributed by atoms with Gasteiger partial charge in [-0.2, -0.15) is 0 Å². The van der Waals surface area contributed by atoms with E-state index in [1.807, 2.05) is 50.3 Å². The Morgan fingerprint density at radius 3 is 2.65 bits per heavy atom. The molecule has 0 radical (unpaired) electrons. The first-order valence-corrected chi connectivity index (χ1v) is 14.7. The van der Waals surface area contributed by atoms with Gasteiger partial charge in [0.25, 0.3) is 0 Å². The molecule has 1 aromatic heterocycles. The third-order valence-electron chi connectivity index (χ3n) is 7.61. The van der Waals surface area contributed by atoms with Gasteiger partial charge in [-0.25, -0.2) is 23.8 Å². The highest BCUT2D eigenvalue weighted by Gasteiger charge is 2.30. The van der Waals surface area contributed by atoms with E-state index in [1.165, 1.54) is 24.5 Å². The molecular weight excluding hydrogens is 592 g/mol. The Balaban J connectivity index is 1.42. The SMILES string of the molecule is C=CC(=O)Nc1cc(Nc2cc(N3OCC[C@@H]3c3cccc(-c4ccc(F)cc4F)c3)ncn2)c(OC)cc1N(C)CCN(C)C. The number of ether oxygens (including phenoxy) is 1. The number of halogens is 2. The summed E-state index contributed by atoms with van der Waals surface area (Å²) >= 11 is 0. The fraction of sp³-hybridized carbons (Fsp3) is 0.265. The van der Waals surface area contributed by atoms with Crippen LogP contribution in [-0.4, -0.2) is 68.7 Å². The van der Waals surface area contributed by atoms with Crippen molar-refractivity contribution in [3.05, 3.63) is 96.8 Å². The van der Waals surface area contributed by atoms with Gasteiger partial charge in [0.05, 0.1) is 36.8 Å². The molecule has 0 saturated carbocycles. The number of carbonyl (C=O) groups is 1. The zero-order valence-electron chi connectivity index (χ0n) is 26.3. The molecule has 0 unspecified atom stereocenters. The van der Waals surface area contributed by atoms with Crippen LogP contribution in [0.4, 0.5) is 37.5 Å². The summed E-state index contributed by atoms with van der Waals surface area (Å²) in [6, 6.07) is 16.2. The molecule has 5 rings (SSSR count). The van der Waals surface area contributed by atoms with Gasteiger partial charge in [0.2, 0.25) is 5.91 Å². The third-order valence-corrected chi connectivity index (χ3v) is 7.61. The largest absolute Gasteiger partial charge is 0.494 e. The first-order valence-electron chi connectivity index (χ1n) is 14.7. The maximum absolute atomic E-state index is 14.6. The number of benzene rings is 3. The molecule has 12 heteroatoms. The van der Waals surface area contributed by atoms with Crippen molar-refractivity contribution in [3.63, 3.8) is 0 Å². The van der Waals surface area contributed by atoms with E-state index in [0.717, 1.165) is 23.9 Å². The van der Waals surface area contributed by atoms with Gasteiger partial charge in [-0.3, -0.25) is 9.63 Å². The Morgan fingerprint density at radius 1 is 1.09 bits per heavy atom. The standard InChI is InChI=1S/C34H37F2N7O3/c1-6-34(44)40-27-18-28(31(45-5)19-30(27)42(4)14-13-41(2)3)39-32-20-33(38-21-37-32)43-29(12-15-46-43)23-9-7-8-22(16-23)25-11-10-24(35)17-26(25)36/h6-11,16-21,29H,1,12-15H2,2-5H3,(H,40,44)(H,37,38,39)/t29-/m1/s1. The molecule has 1 saturated heterocycles. The lowest BCUT2D eigenvalue weighted by atomic mass is 9.98. The number of anilines is 5. The highest BCUT2D eigenvalue weighted by Crippen LogP contribution is 2.40. The van der Waals surface area contributed by atoms with E-state index in [0.29, 0.717) is 59.5 Å². The molecule has 0 aliphatic carbocycles. The molecule has 0 spiro atoms. The zero-order valence-corrected chi connectivity index (χ0v) is 26.3. The fourth-order valence-electron chi connectivity index (χ4n) is 5.21. The number of aromatic nitrogens is 2. The van der Waals surface area contributed by atoms with Crippen molar-refractivity contribution < 1.29 is 23.1 Å². The number of nitrogens with one attached hydrogen (secondary N) is 2. The minimum Gasteiger partial charge on any atom is -0.494 e. The summed E-state index contributed by atoms with van der Waals surface area (Å²) in [4.78, 5) is 31.3. The second-order valence-corrected chi connectivity index (χ2v) is 11.1. The van der Waals surface area contributed by atoms with Gasteiger partial charge in [0.15, 0.2) is 5.82 Å². The molecule has 1 aliphatic rings. The van der Waals surface area contributed by atoms with Gasteiger partial charge in [-0.1, -0.05) is 24.8 Å². The van der Waals surface area contributed by atoms with Crippen LogP contribution < -0.4 is 25.3 Å². The maximum atomic E-state index is 14.6. The second kappa shape index (κ2) is 14.4. The number of amides is 1. The van der Waals surface area contributed by atoms with Crippen molar-refractivity contribution >= 4 is 34.6 Å². The predicted octanol–water partition coefficient (Wildman–Crippen LogP) is 6.18. The van der Waals surface area contributed by atoms with Crippen molar-refractivity contribution in [1.82, 2.24) is 14.9 Å². The summed E-state index contributed by atoms with van der Waals surface area (Å²) in [5.41, 5.74) is 3.77. The lowest BCUT2D eigenvalue weighted by molar-refractivity contribution is -0.111. The smallest absolute Gasteiger partial charge is 0.247 e. The summed E-state index contributed by atoms with van der Waals surface area (Å²) in [6.45, 7) is 5.56. The Morgan fingerprint density at radius 2 is 1.91 bits per heavy atom.